The number of hydrogen-bond donors (Lipinski definition) is 1. The van der Waals surface area contributed by atoms with E-state index in [1.54, 1.807) is 30.8 Å². The molecule has 0 radical (unpaired) electrons. The summed E-state index contributed by atoms with van der Waals surface area (Å²) in [7, 11) is 0. The summed E-state index contributed by atoms with van der Waals surface area (Å²) in [6.45, 7) is 5.89. The fraction of sp³-hybridized carbons (Fsp3) is 0.381. The van der Waals surface area contributed by atoms with Crippen LogP contribution in [0.25, 0.3) is 11.4 Å². The molecule has 3 aromatic rings. The van der Waals surface area contributed by atoms with Gasteiger partial charge in [0.05, 0.1) is 18.0 Å². The van der Waals surface area contributed by atoms with Crippen LogP contribution in [0, 0.1) is 6.92 Å². The fourth-order valence-corrected chi connectivity index (χ4v) is 3.22. The van der Waals surface area contributed by atoms with Crippen molar-refractivity contribution in [2.24, 2.45) is 0 Å². The lowest BCUT2D eigenvalue weighted by atomic mass is 10.2. The van der Waals surface area contributed by atoms with Gasteiger partial charge in [-0.25, -0.2) is 24.7 Å². The Morgan fingerprint density at radius 3 is 2.73 bits per heavy atom. The number of aryl methyl sites for hydroxylation is 1. The van der Waals surface area contributed by atoms with Crippen molar-refractivity contribution in [1.29, 1.82) is 0 Å². The fourth-order valence-electron chi connectivity index (χ4n) is 3.08. The van der Waals surface area contributed by atoms with Gasteiger partial charge < -0.3 is 14.6 Å². The van der Waals surface area contributed by atoms with E-state index < -0.39 is 17.8 Å². The number of carbonyl (C=O) groups is 1. The summed E-state index contributed by atoms with van der Waals surface area (Å²) < 4.78 is 45.4. The van der Waals surface area contributed by atoms with Crippen molar-refractivity contribution in [1.82, 2.24) is 29.8 Å². The molecule has 0 aliphatic carbocycles. The zero-order chi connectivity index (χ0) is 24.2. The van der Waals surface area contributed by atoms with Crippen LogP contribution in [0.3, 0.4) is 0 Å². The summed E-state index contributed by atoms with van der Waals surface area (Å²) in [5.41, 5.74) is 0.929. The lowest BCUT2D eigenvalue weighted by Gasteiger charge is -2.16. The van der Waals surface area contributed by atoms with E-state index in [2.05, 4.69) is 25.3 Å². The summed E-state index contributed by atoms with van der Waals surface area (Å²) in [6.07, 6.45) is -1.30. The van der Waals surface area contributed by atoms with E-state index in [1.807, 2.05) is 6.92 Å². The van der Waals surface area contributed by atoms with E-state index in [0.29, 0.717) is 11.4 Å². The topological polar surface area (TPSA) is 94.8 Å². The van der Waals surface area contributed by atoms with Crippen molar-refractivity contribution in [2.75, 3.05) is 6.61 Å². The van der Waals surface area contributed by atoms with Crippen LogP contribution in [0.5, 0.6) is 0 Å². The smallest absolute Gasteiger partial charge is 0.433 e. The number of aromatic nitrogens is 5. The number of carbonyl (C=O) groups excluding carboxylic acids is 1. The van der Waals surface area contributed by atoms with Crippen LogP contribution in [0.15, 0.2) is 30.6 Å². The first kappa shape index (κ1) is 24.6. The Kier molecular flexibility index (Phi) is 7.65. The third-order valence-electron chi connectivity index (χ3n) is 4.62. The zero-order valence-electron chi connectivity index (χ0n) is 18.1. The van der Waals surface area contributed by atoms with E-state index in [1.165, 1.54) is 12.1 Å². The highest BCUT2D eigenvalue weighted by molar-refractivity contribution is 6.28. The Bertz CT molecular complexity index is 1140. The van der Waals surface area contributed by atoms with Gasteiger partial charge in [-0.2, -0.15) is 13.2 Å². The standard InChI is InChI=1S/C21H22ClF3N6O2/c1-4-33-19(32)18-29-15(17-12(2)8-27-20(22)30-17)11-31(18)10-13(3)26-9-14-6-5-7-16(28-14)21(23,24)25/h5-8,11,13,26H,4,9-10H2,1-3H3/t13-/m0/s1. The number of rotatable bonds is 8. The third kappa shape index (κ3) is 6.26. The van der Waals surface area contributed by atoms with Crippen molar-refractivity contribution in [3.8, 4) is 11.4 Å². The molecule has 0 aliphatic rings. The van der Waals surface area contributed by atoms with Crippen molar-refractivity contribution >= 4 is 17.6 Å². The predicted octanol–water partition coefficient (Wildman–Crippen LogP) is 4.07. The molecule has 0 aliphatic heterocycles. The van der Waals surface area contributed by atoms with Crippen molar-refractivity contribution in [3.05, 3.63) is 58.7 Å². The molecule has 33 heavy (non-hydrogen) atoms. The number of hydrogen-bond acceptors (Lipinski definition) is 7. The van der Waals surface area contributed by atoms with Gasteiger partial charge in [0.15, 0.2) is 0 Å². The Balaban J connectivity index is 1.79. The van der Waals surface area contributed by atoms with Crippen LogP contribution in [-0.4, -0.2) is 43.1 Å². The Labute approximate surface area is 193 Å². The van der Waals surface area contributed by atoms with Crippen molar-refractivity contribution < 1.29 is 22.7 Å². The minimum Gasteiger partial charge on any atom is -0.460 e. The molecule has 1 N–H and O–H groups in total. The Hall–Kier alpha value is -3.05. The zero-order valence-corrected chi connectivity index (χ0v) is 18.9. The van der Waals surface area contributed by atoms with E-state index in [0.717, 1.165) is 11.6 Å². The van der Waals surface area contributed by atoms with E-state index >= 15 is 0 Å². The summed E-state index contributed by atoms with van der Waals surface area (Å²) in [5, 5.41) is 3.16. The van der Waals surface area contributed by atoms with Gasteiger partial charge in [-0.05, 0) is 50.1 Å². The van der Waals surface area contributed by atoms with E-state index in [-0.39, 0.29) is 42.5 Å². The van der Waals surface area contributed by atoms with Gasteiger partial charge in [0, 0.05) is 31.5 Å². The molecule has 3 aromatic heterocycles. The molecule has 0 bridgehead atoms. The molecule has 0 unspecified atom stereocenters. The second kappa shape index (κ2) is 10.3. The Morgan fingerprint density at radius 1 is 1.27 bits per heavy atom. The predicted molar refractivity (Wildman–Crippen MR) is 114 cm³/mol. The van der Waals surface area contributed by atoms with Crippen LogP contribution < -0.4 is 5.32 Å². The van der Waals surface area contributed by atoms with Gasteiger partial charge in [0.1, 0.15) is 11.4 Å². The van der Waals surface area contributed by atoms with E-state index in [9.17, 15) is 18.0 Å². The molecule has 0 fully saturated rings. The maximum absolute atomic E-state index is 12.9. The van der Waals surface area contributed by atoms with Crippen molar-refractivity contribution in [3.63, 3.8) is 0 Å². The van der Waals surface area contributed by atoms with Gasteiger partial charge in [0.2, 0.25) is 11.1 Å². The molecule has 3 rings (SSSR count). The number of ether oxygens (including phenoxy) is 1. The average molecular weight is 483 g/mol. The number of esters is 1. The molecule has 0 amide bonds. The molecule has 8 nitrogen and oxygen atoms in total. The molecular weight excluding hydrogens is 461 g/mol. The van der Waals surface area contributed by atoms with Gasteiger partial charge in [0.25, 0.3) is 0 Å². The number of pyridine rings is 1. The quantitative estimate of drug-likeness (QED) is 0.382. The van der Waals surface area contributed by atoms with E-state index in [4.69, 9.17) is 16.3 Å². The average Bonchev–Trinajstić information content (AvgIpc) is 3.17. The van der Waals surface area contributed by atoms with Gasteiger partial charge in [-0.3, -0.25) is 0 Å². The first-order chi connectivity index (χ1) is 15.6. The maximum atomic E-state index is 12.9. The van der Waals surface area contributed by atoms with Crippen LogP contribution in [0.4, 0.5) is 13.2 Å². The summed E-state index contributed by atoms with van der Waals surface area (Å²) in [6, 6.07) is 3.50. The lowest BCUT2D eigenvalue weighted by Crippen LogP contribution is -2.31. The summed E-state index contributed by atoms with van der Waals surface area (Å²) in [4.78, 5) is 28.6. The summed E-state index contributed by atoms with van der Waals surface area (Å²) >= 11 is 5.91. The van der Waals surface area contributed by atoms with Crippen LogP contribution in [0.2, 0.25) is 5.28 Å². The van der Waals surface area contributed by atoms with Gasteiger partial charge >= 0.3 is 12.1 Å². The highest BCUT2D eigenvalue weighted by Gasteiger charge is 2.32. The van der Waals surface area contributed by atoms with Crippen LogP contribution >= 0.6 is 11.6 Å². The minimum absolute atomic E-state index is 0.0476. The largest absolute Gasteiger partial charge is 0.460 e. The van der Waals surface area contributed by atoms with Crippen LogP contribution in [-0.2, 0) is 24.0 Å². The van der Waals surface area contributed by atoms with Crippen LogP contribution in [0.1, 0.15) is 41.4 Å². The van der Waals surface area contributed by atoms with Crippen molar-refractivity contribution in [2.45, 2.75) is 46.1 Å². The molecule has 0 spiro atoms. The lowest BCUT2D eigenvalue weighted by molar-refractivity contribution is -0.141. The number of nitrogens with zero attached hydrogens (tertiary/aromatic N) is 5. The summed E-state index contributed by atoms with van der Waals surface area (Å²) in [5.74, 6) is -0.528. The molecule has 0 aromatic carbocycles. The second-order valence-corrected chi connectivity index (χ2v) is 7.63. The first-order valence-corrected chi connectivity index (χ1v) is 10.5. The Morgan fingerprint density at radius 2 is 2.03 bits per heavy atom. The first-order valence-electron chi connectivity index (χ1n) is 10.1. The molecule has 1 atom stereocenters. The normalized spacial score (nSPS) is 12.6. The van der Waals surface area contributed by atoms with Gasteiger partial charge in [-0.1, -0.05) is 6.07 Å². The molecule has 0 saturated heterocycles. The SMILES string of the molecule is CCOC(=O)c1nc(-c2nc(Cl)ncc2C)cn1C[C@H](C)NCc1cccc(C(F)(F)F)n1. The third-order valence-corrected chi connectivity index (χ3v) is 4.80. The molecular formula is C21H22ClF3N6O2. The second-order valence-electron chi connectivity index (χ2n) is 7.29. The number of halogens is 4. The maximum Gasteiger partial charge on any atom is 0.433 e. The number of imidazole rings is 1. The highest BCUT2D eigenvalue weighted by Crippen LogP contribution is 2.27. The number of alkyl halides is 3. The molecule has 0 saturated carbocycles. The monoisotopic (exact) mass is 482 g/mol. The molecule has 12 heteroatoms. The van der Waals surface area contributed by atoms with Gasteiger partial charge in [-0.15, -0.1) is 0 Å². The molecule has 176 valence electrons. The minimum atomic E-state index is -4.51. The molecule has 3 heterocycles. The number of nitrogens with one attached hydrogen (secondary N) is 1. The highest BCUT2D eigenvalue weighted by atomic mass is 35.5.